The number of carbonyl (C=O) groups is 1. The molecule has 0 saturated heterocycles. The van der Waals surface area contributed by atoms with Crippen LogP contribution in [-0.4, -0.2) is 18.2 Å². The van der Waals surface area contributed by atoms with Gasteiger partial charge in [-0.15, -0.1) is 0 Å². The number of hydrogen-bond donors (Lipinski definition) is 1. The van der Waals surface area contributed by atoms with Crippen molar-refractivity contribution in [2.45, 2.75) is 6.10 Å². The molecule has 1 atom stereocenters. The summed E-state index contributed by atoms with van der Waals surface area (Å²) in [6.45, 7) is 0. The quantitative estimate of drug-likeness (QED) is 0.701. The molecule has 1 aromatic carbocycles. The van der Waals surface area contributed by atoms with Gasteiger partial charge in [0.2, 0.25) is 0 Å². The molecule has 0 aliphatic heterocycles. The number of nitriles is 1. The molecular formula is C10H9NO3. The topological polar surface area (TPSA) is 70.3 Å². The van der Waals surface area contributed by atoms with E-state index in [1.165, 1.54) is 19.2 Å². The summed E-state index contributed by atoms with van der Waals surface area (Å²) in [5.41, 5.74) is 0.534. The number of carbonyl (C=O) groups excluding carboxylic acids is 1. The minimum absolute atomic E-state index is 0.266. The maximum Gasteiger partial charge on any atom is 0.339 e. The number of aliphatic hydroxyl groups is 1. The number of aliphatic hydroxyl groups excluding tert-OH is 1. The number of methoxy groups -OCH3 is 1. The number of benzene rings is 1. The van der Waals surface area contributed by atoms with Crippen LogP contribution in [0, 0.1) is 11.3 Å². The molecule has 0 aliphatic rings. The molecule has 0 spiro atoms. The Labute approximate surface area is 81.4 Å². The highest BCUT2D eigenvalue weighted by Crippen LogP contribution is 2.18. The van der Waals surface area contributed by atoms with E-state index < -0.39 is 12.1 Å². The monoisotopic (exact) mass is 191 g/mol. The van der Waals surface area contributed by atoms with Crippen LogP contribution in [0.15, 0.2) is 24.3 Å². The average Bonchev–Trinajstić information content (AvgIpc) is 2.26. The first-order valence-electron chi connectivity index (χ1n) is 3.95. The van der Waals surface area contributed by atoms with Crippen LogP contribution >= 0.6 is 0 Å². The maximum atomic E-state index is 11.0. The van der Waals surface area contributed by atoms with Crippen LogP contribution in [-0.2, 0) is 9.53 Å². The fraction of sp³-hybridized carbons (Fsp3) is 0.200. The molecule has 0 amide bonds. The lowest BCUT2D eigenvalue weighted by Crippen LogP contribution is -2.14. The van der Waals surface area contributed by atoms with Gasteiger partial charge in [-0.05, 0) is 6.07 Å². The molecule has 0 heterocycles. The van der Waals surface area contributed by atoms with Gasteiger partial charge in [0.25, 0.3) is 0 Å². The summed E-state index contributed by atoms with van der Waals surface area (Å²) in [5, 5.41) is 18.2. The average molecular weight is 191 g/mol. The Balaban J connectivity index is 3.07. The van der Waals surface area contributed by atoms with Gasteiger partial charge in [-0.3, -0.25) is 0 Å². The highest BCUT2D eigenvalue weighted by atomic mass is 16.5. The molecule has 1 aromatic rings. The van der Waals surface area contributed by atoms with Gasteiger partial charge < -0.3 is 9.84 Å². The third kappa shape index (κ3) is 1.90. The number of ether oxygens (including phenoxy) is 1. The lowest BCUT2D eigenvalue weighted by molar-refractivity contribution is -0.150. The van der Waals surface area contributed by atoms with E-state index in [1.807, 2.05) is 6.07 Å². The molecule has 0 fully saturated rings. The van der Waals surface area contributed by atoms with E-state index in [4.69, 9.17) is 5.26 Å². The zero-order chi connectivity index (χ0) is 10.6. The zero-order valence-electron chi connectivity index (χ0n) is 7.60. The molecule has 0 aromatic heterocycles. The van der Waals surface area contributed by atoms with Crippen molar-refractivity contribution in [2.75, 3.05) is 7.11 Å². The standard InChI is InChI=1S/C10H9NO3/c1-14-10(13)9(12)8-5-3-2-4-7(8)6-11/h2-5,9,12H,1H3. The summed E-state index contributed by atoms with van der Waals surface area (Å²) in [5.74, 6) is -0.771. The van der Waals surface area contributed by atoms with Gasteiger partial charge >= 0.3 is 5.97 Å². The van der Waals surface area contributed by atoms with Crippen molar-refractivity contribution < 1.29 is 14.6 Å². The molecule has 0 saturated carbocycles. The van der Waals surface area contributed by atoms with Gasteiger partial charge in [0, 0.05) is 5.56 Å². The first kappa shape index (κ1) is 10.2. The molecule has 0 bridgehead atoms. The van der Waals surface area contributed by atoms with Crippen LogP contribution in [0.4, 0.5) is 0 Å². The van der Waals surface area contributed by atoms with E-state index in [1.54, 1.807) is 12.1 Å². The second-order valence-corrected chi connectivity index (χ2v) is 2.62. The van der Waals surface area contributed by atoms with E-state index in [-0.39, 0.29) is 11.1 Å². The summed E-state index contributed by atoms with van der Waals surface area (Å²) in [6.07, 6.45) is -1.39. The molecular weight excluding hydrogens is 182 g/mol. The van der Waals surface area contributed by atoms with Gasteiger partial charge in [-0.2, -0.15) is 5.26 Å². The number of hydrogen-bond acceptors (Lipinski definition) is 4. The predicted octanol–water partition coefficient (Wildman–Crippen LogP) is 0.765. The normalized spacial score (nSPS) is 11.5. The molecule has 0 radical (unpaired) electrons. The second kappa shape index (κ2) is 4.40. The Morgan fingerprint density at radius 3 is 2.79 bits per heavy atom. The Kier molecular flexibility index (Phi) is 3.21. The van der Waals surface area contributed by atoms with Crippen LogP contribution in [0.2, 0.25) is 0 Å². The molecule has 1 rings (SSSR count). The fourth-order valence-electron chi connectivity index (χ4n) is 1.08. The number of nitrogens with zero attached hydrogens (tertiary/aromatic N) is 1. The highest BCUT2D eigenvalue weighted by molar-refractivity contribution is 5.77. The first-order valence-corrected chi connectivity index (χ1v) is 3.95. The molecule has 4 nitrogen and oxygen atoms in total. The SMILES string of the molecule is COC(=O)C(O)c1ccccc1C#N. The van der Waals surface area contributed by atoms with Crippen LogP contribution in [0.1, 0.15) is 17.2 Å². The highest BCUT2D eigenvalue weighted by Gasteiger charge is 2.20. The molecule has 1 N–H and O–H groups in total. The smallest absolute Gasteiger partial charge is 0.339 e. The Hall–Kier alpha value is -1.86. The van der Waals surface area contributed by atoms with Crippen molar-refractivity contribution in [1.29, 1.82) is 5.26 Å². The van der Waals surface area contributed by atoms with E-state index >= 15 is 0 Å². The van der Waals surface area contributed by atoms with Gasteiger partial charge in [-0.1, -0.05) is 18.2 Å². The Morgan fingerprint density at radius 1 is 1.57 bits per heavy atom. The van der Waals surface area contributed by atoms with Crippen molar-refractivity contribution >= 4 is 5.97 Å². The van der Waals surface area contributed by atoms with Gasteiger partial charge in [-0.25, -0.2) is 4.79 Å². The van der Waals surface area contributed by atoms with Crippen molar-refractivity contribution in [3.8, 4) is 6.07 Å². The third-order valence-corrected chi connectivity index (χ3v) is 1.80. The fourth-order valence-corrected chi connectivity index (χ4v) is 1.08. The maximum absolute atomic E-state index is 11.0. The van der Waals surface area contributed by atoms with E-state index in [0.29, 0.717) is 0 Å². The van der Waals surface area contributed by atoms with E-state index in [9.17, 15) is 9.90 Å². The second-order valence-electron chi connectivity index (χ2n) is 2.62. The first-order chi connectivity index (χ1) is 6.70. The van der Waals surface area contributed by atoms with Gasteiger partial charge in [0.1, 0.15) is 0 Å². The number of esters is 1. The Bertz CT molecular complexity index is 381. The summed E-state index contributed by atoms with van der Waals surface area (Å²) in [7, 11) is 1.18. The third-order valence-electron chi connectivity index (χ3n) is 1.80. The summed E-state index contributed by atoms with van der Waals surface area (Å²) >= 11 is 0. The minimum Gasteiger partial charge on any atom is -0.467 e. The summed E-state index contributed by atoms with van der Waals surface area (Å²) < 4.78 is 4.37. The van der Waals surface area contributed by atoms with E-state index in [0.717, 1.165) is 0 Å². The van der Waals surface area contributed by atoms with Crippen LogP contribution in [0.25, 0.3) is 0 Å². The van der Waals surface area contributed by atoms with Crippen molar-refractivity contribution in [2.24, 2.45) is 0 Å². The molecule has 0 aliphatic carbocycles. The summed E-state index contributed by atoms with van der Waals surface area (Å²) in [4.78, 5) is 11.0. The predicted molar refractivity (Wildman–Crippen MR) is 48.1 cm³/mol. The molecule has 72 valence electrons. The Morgan fingerprint density at radius 2 is 2.21 bits per heavy atom. The minimum atomic E-state index is -1.39. The lowest BCUT2D eigenvalue weighted by Gasteiger charge is -2.09. The molecule has 1 unspecified atom stereocenters. The van der Waals surface area contributed by atoms with E-state index in [2.05, 4.69) is 4.74 Å². The zero-order valence-corrected chi connectivity index (χ0v) is 7.60. The molecule has 4 heteroatoms. The summed E-state index contributed by atoms with van der Waals surface area (Å²) in [6, 6.07) is 8.23. The van der Waals surface area contributed by atoms with Crippen molar-refractivity contribution in [3.05, 3.63) is 35.4 Å². The van der Waals surface area contributed by atoms with Crippen LogP contribution in [0.3, 0.4) is 0 Å². The van der Waals surface area contributed by atoms with Crippen LogP contribution in [0.5, 0.6) is 0 Å². The lowest BCUT2D eigenvalue weighted by atomic mass is 10.0. The van der Waals surface area contributed by atoms with Crippen molar-refractivity contribution in [1.82, 2.24) is 0 Å². The largest absolute Gasteiger partial charge is 0.467 e. The molecule has 14 heavy (non-hydrogen) atoms. The number of rotatable bonds is 2. The van der Waals surface area contributed by atoms with Crippen LogP contribution < -0.4 is 0 Å². The van der Waals surface area contributed by atoms with Crippen molar-refractivity contribution in [3.63, 3.8) is 0 Å². The van der Waals surface area contributed by atoms with Gasteiger partial charge in [0.15, 0.2) is 6.10 Å². The van der Waals surface area contributed by atoms with Gasteiger partial charge in [0.05, 0.1) is 18.7 Å².